The average Bonchev–Trinajstić information content (AvgIpc) is 3.25. The normalized spacial score (nSPS) is 12.5. The van der Waals surface area contributed by atoms with Gasteiger partial charge in [-0.3, -0.25) is 9.59 Å². The van der Waals surface area contributed by atoms with Crippen LogP contribution in [0.4, 0.5) is 0 Å². The summed E-state index contributed by atoms with van der Waals surface area (Å²) in [5.41, 5.74) is 0. The third kappa shape index (κ3) is 48.5. The lowest BCUT2D eigenvalue weighted by Gasteiger charge is -2.18. The van der Waals surface area contributed by atoms with Crippen molar-refractivity contribution in [1.29, 1.82) is 0 Å². The molecular formula is C55H100O5. The minimum absolute atomic E-state index is 0.0751. The fourth-order valence-electron chi connectivity index (χ4n) is 7.39. The number of hydrogen-bond donors (Lipinski definition) is 0. The molecule has 1 atom stereocenters. The Bertz CT molecular complexity index is 997. The highest BCUT2D eigenvalue weighted by Crippen LogP contribution is 2.15. The van der Waals surface area contributed by atoms with E-state index in [-0.39, 0.29) is 25.2 Å². The summed E-state index contributed by atoms with van der Waals surface area (Å²) in [4.78, 5) is 25.4. The molecule has 5 heteroatoms. The second-order valence-corrected chi connectivity index (χ2v) is 17.4. The lowest BCUT2D eigenvalue weighted by atomic mass is 10.0. The molecule has 60 heavy (non-hydrogen) atoms. The second kappa shape index (κ2) is 51.2. The lowest BCUT2D eigenvalue weighted by Crippen LogP contribution is -2.30. The average molecular weight is 841 g/mol. The highest BCUT2D eigenvalue weighted by molar-refractivity contribution is 5.70. The summed E-state index contributed by atoms with van der Waals surface area (Å²) in [5.74, 6) is -0.419. The molecule has 0 amide bonds. The van der Waals surface area contributed by atoms with Gasteiger partial charge in [0.1, 0.15) is 6.61 Å². The van der Waals surface area contributed by atoms with Crippen LogP contribution in [0.3, 0.4) is 0 Å². The zero-order valence-corrected chi connectivity index (χ0v) is 40.2. The minimum atomic E-state index is -0.546. The van der Waals surface area contributed by atoms with Gasteiger partial charge in [-0.05, 0) is 83.5 Å². The summed E-state index contributed by atoms with van der Waals surface area (Å²) in [6.45, 7) is 7.78. The number of ether oxygens (including phenoxy) is 3. The Morgan fingerprint density at radius 2 is 0.700 bits per heavy atom. The van der Waals surface area contributed by atoms with Crippen molar-refractivity contribution in [3.63, 3.8) is 0 Å². The SMILES string of the molecule is CCCCC/C=C\C/C=C\CCCCCCCC(=O)OCC(COCCCCCCCCCCCCCCCC)OC(=O)CCCCCCC/C=C\C/C=C\CCCCC. The summed E-state index contributed by atoms with van der Waals surface area (Å²) in [6.07, 6.45) is 62.5. The molecule has 0 saturated carbocycles. The van der Waals surface area contributed by atoms with Crippen molar-refractivity contribution in [2.45, 2.75) is 271 Å². The maximum absolute atomic E-state index is 12.8. The van der Waals surface area contributed by atoms with Crippen LogP contribution in [-0.2, 0) is 23.8 Å². The first kappa shape index (κ1) is 57.9. The largest absolute Gasteiger partial charge is 0.462 e. The van der Waals surface area contributed by atoms with Gasteiger partial charge in [-0.2, -0.15) is 0 Å². The Hall–Kier alpha value is -2.14. The zero-order valence-electron chi connectivity index (χ0n) is 40.2. The fraction of sp³-hybridized carbons (Fsp3) is 0.818. The van der Waals surface area contributed by atoms with Crippen LogP contribution in [0.15, 0.2) is 48.6 Å². The molecule has 0 aromatic heterocycles. The van der Waals surface area contributed by atoms with E-state index in [1.807, 2.05) is 0 Å². The van der Waals surface area contributed by atoms with Gasteiger partial charge >= 0.3 is 11.9 Å². The van der Waals surface area contributed by atoms with Crippen LogP contribution in [0.5, 0.6) is 0 Å². The number of allylic oxidation sites excluding steroid dienone is 8. The smallest absolute Gasteiger partial charge is 0.306 e. The highest BCUT2D eigenvalue weighted by Gasteiger charge is 2.17. The molecule has 350 valence electrons. The van der Waals surface area contributed by atoms with Crippen LogP contribution in [-0.4, -0.2) is 37.9 Å². The van der Waals surface area contributed by atoms with Crippen LogP contribution in [0.2, 0.25) is 0 Å². The summed E-state index contributed by atoms with van der Waals surface area (Å²) in [5, 5.41) is 0. The Morgan fingerprint density at radius 3 is 1.13 bits per heavy atom. The summed E-state index contributed by atoms with van der Waals surface area (Å²) in [7, 11) is 0. The Labute approximate surface area is 373 Å². The molecule has 0 aliphatic carbocycles. The summed E-state index contributed by atoms with van der Waals surface area (Å²) >= 11 is 0. The van der Waals surface area contributed by atoms with Gasteiger partial charge in [0.05, 0.1) is 6.61 Å². The topological polar surface area (TPSA) is 61.8 Å². The first-order chi connectivity index (χ1) is 29.6. The first-order valence-electron chi connectivity index (χ1n) is 26.2. The maximum atomic E-state index is 12.8. The molecule has 0 aromatic rings. The predicted octanol–water partition coefficient (Wildman–Crippen LogP) is 17.6. The molecule has 0 bridgehead atoms. The first-order valence-corrected chi connectivity index (χ1v) is 26.2. The molecule has 0 aliphatic heterocycles. The highest BCUT2D eigenvalue weighted by atomic mass is 16.6. The molecule has 0 N–H and O–H groups in total. The lowest BCUT2D eigenvalue weighted by molar-refractivity contribution is -0.163. The van der Waals surface area contributed by atoms with E-state index in [0.29, 0.717) is 19.4 Å². The molecular weight excluding hydrogens is 741 g/mol. The third-order valence-corrected chi connectivity index (χ3v) is 11.3. The molecule has 0 fully saturated rings. The minimum Gasteiger partial charge on any atom is -0.462 e. The second-order valence-electron chi connectivity index (χ2n) is 17.4. The third-order valence-electron chi connectivity index (χ3n) is 11.3. The van der Waals surface area contributed by atoms with Gasteiger partial charge in [0, 0.05) is 19.4 Å². The van der Waals surface area contributed by atoms with Crippen LogP contribution < -0.4 is 0 Å². The summed E-state index contributed by atoms with van der Waals surface area (Å²) in [6, 6.07) is 0. The van der Waals surface area contributed by atoms with E-state index >= 15 is 0 Å². The number of esters is 2. The zero-order chi connectivity index (χ0) is 43.5. The van der Waals surface area contributed by atoms with Gasteiger partial charge in [-0.1, -0.05) is 217 Å². The van der Waals surface area contributed by atoms with E-state index in [1.165, 1.54) is 154 Å². The van der Waals surface area contributed by atoms with Crippen molar-refractivity contribution in [2.75, 3.05) is 19.8 Å². The Balaban J connectivity index is 4.30. The van der Waals surface area contributed by atoms with Gasteiger partial charge in [-0.25, -0.2) is 0 Å². The number of rotatable bonds is 48. The van der Waals surface area contributed by atoms with Crippen molar-refractivity contribution in [1.82, 2.24) is 0 Å². The monoisotopic (exact) mass is 841 g/mol. The van der Waals surface area contributed by atoms with Crippen LogP contribution in [0.1, 0.15) is 265 Å². The van der Waals surface area contributed by atoms with Crippen LogP contribution >= 0.6 is 0 Å². The van der Waals surface area contributed by atoms with Crippen LogP contribution in [0.25, 0.3) is 0 Å². The van der Waals surface area contributed by atoms with Crippen molar-refractivity contribution in [2.24, 2.45) is 0 Å². The molecule has 0 aromatic carbocycles. The van der Waals surface area contributed by atoms with Crippen molar-refractivity contribution in [3.8, 4) is 0 Å². The molecule has 0 saturated heterocycles. The predicted molar refractivity (Wildman–Crippen MR) is 261 cm³/mol. The quantitative estimate of drug-likeness (QED) is 0.0347. The number of carbonyl (C=O) groups is 2. The van der Waals surface area contributed by atoms with E-state index in [9.17, 15) is 9.59 Å². The number of unbranched alkanes of at least 4 members (excludes halogenated alkanes) is 29. The van der Waals surface area contributed by atoms with E-state index in [2.05, 4.69) is 69.4 Å². The number of hydrogen-bond acceptors (Lipinski definition) is 5. The van der Waals surface area contributed by atoms with E-state index in [4.69, 9.17) is 14.2 Å². The molecule has 0 aliphatic rings. The van der Waals surface area contributed by atoms with E-state index in [0.717, 1.165) is 77.0 Å². The molecule has 5 nitrogen and oxygen atoms in total. The van der Waals surface area contributed by atoms with Crippen molar-refractivity contribution < 1.29 is 23.8 Å². The van der Waals surface area contributed by atoms with Gasteiger partial charge < -0.3 is 14.2 Å². The number of carbonyl (C=O) groups excluding carboxylic acids is 2. The van der Waals surface area contributed by atoms with E-state index in [1.54, 1.807) is 0 Å². The van der Waals surface area contributed by atoms with Gasteiger partial charge in [0.25, 0.3) is 0 Å². The molecule has 0 spiro atoms. The maximum Gasteiger partial charge on any atom is 0.306 e. The van der Waals surface area contributed by atoms with Crippen molar-refractivity contribution >= 4 is 11.9 Å². The molecule has 1 unspecified atom stereocenters. The molecule has 0 rings (SSSR count). The van der Waals surface area contributed by atoms with Crippen LogP contribution in [0, 0.1) is 0 Å². The van der Waals surface area contributed by atoms with E-state index < -0.39 is 6.10 Å². The Kier molecular flexibility index (Phi) is 49.4. The van der Waals surface area contributed by atoms with Gasteiger partial charge in [0.2, 0.25) is 0 Å². The fourth-order valence-corrected chi connectivity index (χ4v) is 7.39. The molecule has 0 radical (unpaired) electrons. The van der Waals surface area contributed by atoms with Gasteiger partial charge in [-0.15, -0.1) is 0 Å². The standard InChI is InChI=1S/C55H100O5/c1-4-7-10-13-16-19-22-25-28-30-33-36-39-42-45-48-54(56)59-52-53(51-58-50-47-44-41-38-35-32-27-24-21-18-15-12-9-6-3)60-55(57)49-46-43-40-37-34-31-29-26-23-20-17-14-11-8-5-2/h16-17,19-20,25-26,28-29,53H,4-15,18,21-24,27,30-52H2,1-3H3/b19-16-,20-17-,28-25-,29-26-. The Morgan fingerprint density at radius 1 is 0.367 bits per heavy atom. The molecule has 0 heterocycles. The van der Waals surface area contributed by atoms with Gasteiger partial charge in [0.15, 0.2) is 6.10 Å². The van der Waals surface area contributed by atoms with Crippen molar-refractivity contribution in [3.05, 3.63) is 48.6 Å². The summed E-state index contributed by atoms with van der Waals surface area (Å²) < 4.78 is 17.4.